The number of hydrogen-bond donors (Lipinski definition) is 0. The molecule has 1 aromatic heterocycles. The summed E-state index contributed by atoms with van der Waals surface area (Å²) in [7, 11) is 0. The highest BCUT2D eigenvalue weighted by Gasteiger charge is 2.21. The molecule has 0 saturated carbocycles. The molecule has 0 spiro atoms. The lowest BCUT2D eigenvalue weighted by Crippen LogP contribution is -2.20. The summed E-state index contributed by atoms with van der Waals surface area (Å²) in [4.78, 5) is 16.2. The largest absolute Gasteiger partial charge is 0.292 e. The molecule has 1 heterocycles. The first-order valence-corrected chi connectivity index (χ1v) is 5.76. The lowest BCUT2D eigenvalue weighted by atomic mass is 10.0. The summed E-state index contributed by atoms with van der Waals surface area (Å²) in [5, 5.41) is 4.07. The molecule has 0 fully saturated rings. The SMILES string of the molecule is CCC[C@@H](C(=O)c1ccccc1)n1cncn1. The molecule has 0 N–H and O–H groups in total. The van der Waals surface area contributed by atoms with E-state index in [4.69, 9.17) is 0 Å². The van der Waals surface area contributed by atoms with Crippen LogP contribution in [0.3, 0.4) is 0 Å². The smallest absolute Gasteiger partial charge is 0.187 e. The Labute approximate surface area is 100 Å². The average Bonchev–Trinajstić information content (AvgIpc) is 2.90. The predicted octanol–water partition coefficient (Wildman–Crippen LogP) is 2.50. The van der Waals surface area contributed by atoms with E-state index < -0.39 is 0 Å². The maximum absolute atomic E-state index is 12.3. The molecule has 2 aromatic rings. The van der Waals surface area contributed by atoms with Crippen molar-refractivity contribution in [3.63, 3.8) is 0 Å². The van der Waals surface area contributed by atoms with Gasteiger partial charge in [-0.25, -0.2) is 9.67 Å². The summed E-state index contributed by atoms with van der Waals surface area (Å²) in [6, 6.07) is 9.07. The summed E-state index contributed by atoms with van der Waals surface area (Å²) < 4.78 is 1.64. The molecule has 0 amide bonds. The summed E-state index contributed by atoms with van der Waals surface area (Å²) in [6.45, 7) is 2.06. The van der Waals surface area contributed by atoms with Crippen LogP contribution in [0.4, 0.5) is 0 Å². The maximum Gasteiger partial charge on any atom is 0.187 e. The standard InChI is InChI=1S/C13H15N3O/c1-2-6-12(16-10-14-9-15-16)13(17)11-7-4-3-5-8-11/h3-5,7-10,12H,2,6H2,1H3/t12-/m0/s1. The molecule has 4 heteroatoms. The molecule has 1 aromatic carbocycles. The van der Waals surface area contributed by atoms with E-state index in [-0.39, 0.29) is 11.8 Å². The monoisotopic (exact) mass is 229 g/mol. The fourth-order valence-corrected chi connectivity index (χ4v) is 1.83. The Morgan fingerprint density at radius 3 is 2.71 bits per heavy atom. The van der Waals surface area contributed by atoms with E-state index in [1.54, 1.807) is 11.0 Å². The quantitative estimate of drug-likeness (QED) is 0.740. The normalized spacial score (nSPS) is 12.3. The molecule has 0 unspecified atom stereocenters. The van der Waals surface area contributed by atoms with Crippen LogP contribution in [0.15, 0.2) is 43.0 Å². The second-order valence-corrected chi connectivity index (χ2v) is 3.91. The Morgan fingerprint density at radius 1 is 1.35 bits per heavy atom. The van der Waals surface area contributed by atoms with Crippen molar-refractivity contribution in [2.75, 3.05) is 0 Å². The molecule has 2 rings (SSSR count). The number of carbonyl (C=O) groups excluding carboxylic acids is 1. The van der Waals surface area contributed by atoms with Gasteiger partial charge in [0.1, 0.15) is 18.7 Å². The molecule has 0 radical (unpaired) electrons. The van der Waals surface area contributed by atoms with Crippen molar-refractivity contribution in [2.45, 2.75) is 25.8 Å². The van der Waals surface area contributed by atoms with Gasteiger partial charge >= 0.3 is 0 Å². The van der Waals surface area contributed by atoms with Gasteiger partial charge in [0.25, 0.3) is 0 Å². The number of benzene rings is 1. The van der Waals surface area contributed by atoms with Crippen LogP contribution in [0.1, 0.15) is 36.2 Å². The van der Waals surface area contributed by atoms with Crippen molar-refractivity contribution in [1.82, 2.24) is 14.8 Å². The van der Waals surface area contributed by atoms with Gasteiger partial charge in [-0.05, 0) is 6.42 Å². The van der Waals surface area contributed by atoms with Crippen LogP contribution in [0.25, 0.3) is 0 Å². The number of aromatic nitrogens is 3. The third-order valence-corrected chi connectivity index (χ3v) is 2.68. The molecule has 0 saturated heterocycles. The molecule has 0 aliphatic heterocycles. The molecule has 1 atom stereocenters. The summed E-state index contributed by atoms with van der Waals surface area (Å²) in [6.07, 6.45) is 4.77. The highest BCUT2D eigenvalue weighted by molar-refractivity contribution is 5.98. The summed E-state index contributed by atoms with van der Waals surface area (Å²) >= 11 is 0. The number of ketones is 1. The third-order valence-electron chi connectivity index (χ3n) is 2.68. The van der Waals surface area contributed by atoms with Crippen LogP contribution in [0, 0.1) is 0 Å². The highest BCUT2D eigenvalue weighted by Crippen LogP contribution is 2.18. The molecular formula is C13H15N3O. The molecule has 0 aliphatic carbocycles. The topological polar surface area (TPSA) is 47.8 Å². The van der Waals surface area contributed by atoms with Crippen molar-refractivity contribution < 1.29 is 4.79 Å². The predicted molar refractivity (Wildman–Crippen MR) is 64.7 cm³/mol. The number of rotatable bonds is 5. The van der Waals surface area contributed by atoms with Gasteiger partial charge in [0.05, 0.1) is 0 Å². The van der Waals surface area contributed by atoms with Gasteiger partial charge in [0.15, 0.2) is 5.78 Å². The Morgan fingerprint density at radius 2 is 2.12 bits per heavy atom. The third kappa shape index (κ3) is 2.58. The number of Topliss-reactive ketones (excluding diaryl/α,β-unsaturated/α-hetero) is 1. The van der Waals surface area contributed by atoms with Gasteiger partial charge in [-0.1, -0.05) is 43.7 Å². The molecule has 0 bridgehead atoms. The lowest BCUT2D eigenvalue weighted by Gasteiger charge is -2.14. The number of carbonyl (C=O) groups is 1. The lowest BCUT2D eigenvalue weighted by molar-refractivity contribution is 0.0910. The van der Waals surface area contributed by atoms with Crippen LogP contribution < -0.4 is 0 Å². The zero-order valence-corrected chi connectivity index (χ0v) is 9.78. The van der Waals surface area contributed by atoms with E-state index in [1.165, 1.54) is 6.33 Å². The zero-order valence-electron chi connectivity index (χ0n) is 9.78. The Kier molecular flexibility index (Phi) is 3.65. The van der Waals surface area contributed by atoms with E-state index in [1.807, 2.05) is 30.3 Å². The van der Waals surface area contributed by atoms with Crippen LogP contribution in [0.5, 0.6) is 0 Å². The average molecular weight is 229 g/mol. The van der Waals surface area contributed by atoms with Gasteiger partial charge in [0, 0.05) is 5.56 Å². The molecule has 4 nitrogen and oxygen atoms in total. The Bertz CT molecular complexity index is 465. The first-order valence-electron chi connectivity index (χ1n) is 5.76. The molecule has 88 valence electrons. The van der Waals surface area contributed by atoms with Crippen LogP contribution in [-0.4, -0.2) is 20.5 Å². The second-order valence-electron chi connectivity index (χ2n) is 3.91. The summed E-state index contributed by atoms with van der Waals surface area (Å²) in [5.74, 6) is 0.0953. The molecular weight excluding hydrogens is 214 g/mol. The Balaban J connectivity index is 2.26. The van der Waals surface area contributed by atoms with Crippen molar-refractivity contribution in [2.24, 2.45) is 0 Å². The first-order chi connectivity index (χ1) is 8.33. The minimum atomic E-state index is -0.245. The fraction of sp³-hybridized carbons (Fsp3) is 0.308. The minimum Gasteiger partial charge on any atom is -0.292 e. The van der Waals surface area contributed by atoms with E-state index in [2.05, 4.69) is 17.0 Å². The van der Waals surface area contributed by atoms with Crippen LogP contribution in [0.2, 0.25) is 0 Å². The van der Waals surface area contributed by atoms with Crippen LogP contribution in [-0.2, 0) is 0 Å². The van der Waals surface area contributed by atoms with Crippen molar-refractivity contribution in [3.05, 3.63) is 48.5 Å². The van der Waals surface area contributed by atoms with E-state index in [9.17, 15) is 4.79 Å². The maximum atomic E-state index is 12.3. The van der Waals surface area contributed by atoms with Crippen molar-refractivity contribution >= 4 is 5.78 Å². The zero-order chi connectivity index (χ0) is 12.1. The Hall–Kier alpha value is -1.97. The minimum absolute atomic E-state index is 0.0953. The van der Waals surface area contributed by atoms with Gasteiger partial charge in [0.2, 0.25) is 0 Å². The van der Waals surface area contributed by atoms with Gasteiger partial charge in [-0.3, -0.25) is 4.79 Å². The second kappa shape index (κ2) is 5.39. The van der Waals surface area contributed by atoms with Gasteiger partial charge < -0.3 is 0 Å². The van der Waals surface area contributed by atoms with E-state index in [0.29, 0.717) is 0 Å². The summed E-state index contributed by atoms with van der Waals surface area (Å²) in [5.41, 5.74) is 0.724. The van der Waals surface area contributed by atoms with Crippen molar-refractivity contribution in [1.29, 1.82) is 0 Å². The molecule has 0 aliphatic rings. The van der Waals surface area contributed by atoms with Crippen molar-refractivity contribution in [3.8, 4) is 0 Å². The van der Waals surface area contributed by atoms with E-state index >= 15 is 0 Å². The van der Waals surface area contributed by atoms with Gasteiger partial charge in [-0.2, -0.15) is 5.10 Å². The fourth-order valence-electron chi connectivity index (χ4n) is 1.83. The van der Waals surface area contributed by atoms with Crippen LogP contribution >= 0.6 is 0 Å². The van der Waals surface area contributed by atoms with E-state index in [0.717, 1.165) is 18.4 Å². The first kappa shape index (κ1) is 11.5. The van der Waals surface area contributed by atoms with Gasteiger partial charge in [-0.15, -0.1) is 0 Å². The molecule has 17 heavy (non-hydrogen) atoms. The number of hydrogen-bond acceptors (Lipinski definition) is 3. The number of nitrogens with zero attached hydrogens (tertiary/aromatic N) is 3. The highest BCUT2D eigenvalue weighted by atomic mass is 16.1.